The number of carbonyl (C=O) groups excluding carboxylic acids is 1. The van der Waals surface area contributed by atoms with Gasteiger partial charge in [-0.25, -0.2) is 4.79 Å². The van der Waals surface area contributed by atoms with E-state index in [0.29, 0.717) is 0 Å². The van der Waals surface area contributed by atoms with Crippen molar-refractivity contribution < 1.29 is 14.6 Å². The lowest BCUT2D eigenvalue weighted by Gasteiger charge is -2.27. The van der Waals surface area contributed by atoms with Gasteiger partial charge in [0.15, 0.2) is 0 Å². The van der Waals surface area contributed by atoms with Gasteiger partial charge in [0.05, 0.1) is 7.11 Å². The molecule has 0 aromatic heterocycles. The fraction of sp³-hybridized carbons (Fsp3) is 0.462. The van der Waals surface area contributed by atoms with Gasteiger partial charge in [0.25, 0.3) is 0 Å². The van der Waals surface area contributed by atoms with E-state index in [1.165, 1.54) is 7.11 Å². The van der Waals surface area contributed by atoms with Gasteiger partial charge >= 0.3 is 5.97 Å². The molecule has 1 aliphatic rings. The zero-order chi connectivity index (χ0) is 13.0. The molecule has 1 aliphatic heterocycles. The highest BCUT2D eigenvalue weighted by molar-refractivity contribution is 5.92. The Morgan fingerprint density at radius 3 is 2.83 bits per heavy atom. The first-order valence-corrected chi connectivity index (χ1v) is 6.04. The summed E-state index contributed by atoms with van der Waals surface area (Å²) >= 11 is 0. The van der Waals surface area contributed by atoms with Crippen molar-refractivity contribution in [1.82, 2.24) is 10.2 Å². The number of hydrogen-bond acceptors (Lipinski definition) is 5. The molecule has 1 fully saturated rings. The molecule has 0 unspecified atom stereocenters. The van der Waals surface area contributed by atoms with Crippen LogP contribution in [-0.2, 0) is 11.3 Å². The van der Waals surface area contributed by atoms with Gasteiger partial charge in [-0.05, 0) is 17.7 Å². The lowest BCUT2D eigenvalue weighted by atomic mass is 10.1. The fourth-order valence-electron chi connectivity index (χ4n) is 2.08. The van der Waals surface area contributed by atoms with Crippen molar-refractivity contribution >= 4 is 5.97 Å². The maximum absolute atomic E-state index is 11.5. The third-order valence-corrected chi connectivity index (χ3v) is 3.08. The Balaban J connectivity index is 2.11. The normalized spacial score (nSPS) is 16.5. The van der Waals surface area contributed by atoms with E-state index >= 15 is 0 Å². The number of esters is 1. The van der Waals surface area contributed by atoms with Crippen LogP contribution in [0.25, 0.3) is 0 Å². The molecule has 0 spiro atoms. The average Bonchev–Trinajstić information content (AvgIpc) is 2.41. The number of aromatic hydroxyl groups is 1. The van der Waals surface area contributed by atoms with Gasteiger partial charge in [-0.3, -0.25) is 4.90 Å². The first kappa shape index (κ1) is 12.9. The van der Waals surface area contributed by atoms with E-state index in [4.69, 9.17) is 0 Å². The van der Waals surface area contributed by atoms with Crippen LogP contribution in [-0.4, -0.2) is 49.3 Å². The summed E-state index contributed by atoms with van der Waals surface area (Å²) in [6.07, 6.45) is 0. The van der Waals surface area contributed by atoms with Crippen LogP contribution in [0.1, 0.15) is 15.9 Å². The molecular formula is C13H18N2O3. The maximum atomic E-state index is 11.5. The lowest BCUT2D eigenvalue weighted by molar-refractivity contribution is 0.0597. The molecule has 5 nitrogen and oxygen atoms in total. The first-order valence-electron chi connectivity index (χ1n) is 6.04. The molecule has 1 aromatic rings. The molecule has 2 N–H and O–H groups in total. The Kier molecular flexibility index (Phi) is 4.17. The van der Waals surface area contributed by atoms with E-state index in [1.807, 2.05) is 6.07 Å². The number of nitrogens with zero attached hydrogens (tertiary/aromatic N) is 1. The van der Waals surface area contributed by atoms with Crippen LogP contribution in [0, 0.1) is 0 Å². The van der Waals surface area contributed by atoms with Crippen molar-refractivity contribution in [1.29, 1.82) is 0 Å². The monoisotopic (exact) mass is 250 g/mol. The number of hydrogen-bond donors (Lipinski definition) is 2. The third-order valence-electron chi connectivity index (χ3n) is 3.08. The number of nitrogens with one attached hydrogen (secondary N) is 1. The molecule has 2 rings (SSSR count). The van der Waals surface area contributed by atoms with Crippen LogP contribution >= 0.6 is 0 Å². The minimum absolute atomic E-state index is 0.0362. The maximum Gasteiger partial charge on any atom is 0.341 e. The van der Waals surface area contributed by atoms with Crippen molar-refractivity contribution in [3.05, 3.63) is 29.3 Å². The smallest absolute Gasteiger partial charge is 0.341 e. The van der Waals surface area contributed by atoms with Crippen LogP contribution in [0.2, 0.25) is 0 Å². The highest BCUT2D eigenvalue weighted by Crippen LogP contribution is 2.20. The molecule has 1 aromatic carbocycles. The number of benzene rings is 1. The van der Waals surface area contributed by atoms with Crippen molar-refractivity contribution in [2.75, 3.05) is 33.3 Å². The summed E-state index contributed by atoms with van der Waals surface area (Å²) < 4.78 is 4.64. The second-order valence-corrected chi connectivity index (χ2v) is 4.37. The SMILES string of the molecule is COC(=O)c1cc(CN2CCNCC2)ccc1O. The second kappa shape index (κ2) is 5.84. The molecule has 5 heteroatoms. The van der Waals surface area contributed by atoms with Gasteiger partial charge in [0.2, 0.25) is 0 Å². The topological polar surface area (TPSA) is 61.8 Å². The predicted molar refractivity (Wildman–Crippen MR) is 67.6 cm³/mol. The summed E-state index contributed by atoms with van der Waals surface area (Å²) in [4.78, 5) is 13.8. The fourth-order valence-corrected chi connectivity index (χ4v) is 2.08. The van der Waals surface area contributed by atoms with E-state index in [0.717, 1.165) is 38.3 Å². The van der Waals surface area contributed by atoms with Gasteiger partial charge < -0.3 is 15.2 Å². The van der Waals surface area contributed by atoms with Crippen molar-refractivity contribution in [2.24, 2.45) is 0 Å². The molecule has 0 bridgehead atoms. The van der Waals surface area contributed by atoms with Crippen molar-refractivity contribution in [3.8, 4) is 5.75 Å². The number of rotatable bonds is 3. The van der Waals surface area contributed by atoms with Gasteiger partial charge in [0.1, 0.15) is 11.3 Å². The molecular weight excluding hydrogens is 232 g/mol. The van der Waals surface area contributed by atoms with Gasteiger partial charge in [-0.2, -0.15) is 0 Å². The van der Waals surface area contributed by atoms with Crippen molar-refractivity contribution in [3.63, 3.8) is 0 Å². The molecule has 0 atom stereocenters. The Morgan fingerprint density at radius 2 is 2.17 bits per heavy atom. The van der Waals surface area contributed by atoms with Gasteiger partial charge in [0, 0.05) is 32.7 Å². The highest BCUT2D eigenvalue weighted by atomic mass is 16.5. The Labute approximate surface area is 106 Å². The summed E-state index contributed by atoms with van der Waals surface area (Å²) in [6.45, 7) is 4.75. The summed E-state index contributed by atoms with van der Waals surface area (Å²) in [7, 11) is 1.31. The van der Waals surface area contributed by atoms with E-state index in [2.05, 4.69) is 15.0 Å². The number of phenolic OH excluding ortho intramolecular Hbond substituents is 1. The molecule has 0 aliphatic carbocycles. The quantitative estimate of drug-likeness (QED) is 0.769. The Morgan fingerprint density at radius 1 is 1.44 bits per heavy atom. The summed E-state index contributed by atoms with van der Waals surface area (Å²) in [6, 6.07) is 5.08. The predicted octanol–water partition coefficient (Wildman–Crippen LogP) is 0.584. The van der Waals surface area contributed by atoms with Crippen LogP contribution in [0.15, 0.2) is 18.2 Å². The molecule has 98 valence electrons. The molecule has 18 heavy (non-hydrogen) atoms. The van der Waals surface area contributed by atoms with E-state index < -0.39 is 5.97 Å². The lowest BCUT2D eigenvalue weighted by Crippen LogP contribution is -2.42. The number of piperazine rings is 1. The standard InChI is InChI=1S/C13H18N2O3/c1-18-13(17)11-8-10(2-3-12(11)16)9-15-6-4-14-5-7-15/h2-3,8,14,16H,4-7,9H2,1H3. The number of ether oxygens (including phenoxy) is 1. The van der Waals surface area contributed by atoms with E-state index in [9.17, 15) is 9.90 Å². The van der Waals surface area contributed by atoms with Gasteiger partial charge in [-0.1, -0.05) is 6.07 Å². The Bertz CT molecular complexity index is 428. The molecule has 1 saturated heterocycles. The van der Waals surface area contributed by atoms with Crippen molar-refractivity contribution in [2.45, 2.75) is 6.54 Å². The highest BCUT2D eigenvalue weighted by Gasteiger charge is 2.14. The number of phenols is 1. The number of carbonyl (C=O) groups is 1. The minimum atomic E-state index is -0.505. The van der Waals surface area contributed by atoms with Crippen LogP contribution < -0.4 is 5.32 Å². The van der Waals surface area contributed by atoms with Crippen LogP contribution in [0.5, 0.6) is 5.75 Å². The van der Waals surface area contributed by atoms with Crippen LogP contribution in [0.3, 0.4) is 0 Å². The van der Waals surface area contributed by atoms with E-state index in [-0.39, 0.29) is 11.3 Å². The minimum Gasteiger partial charge on any atom is -0.507 e. The summed E-state index contributed by atoms with van der Waals surface area (Å²) in [5, 5.41) is 12.9. The van der Waals surface area contributed by atoms with E-state index in [1.54, 1.807) is 12.1 Å². The van der Waals surface area contributed by atoms with Crippen LogP contribution in [0.4, 0.5) is 0 Å². The Hall–Kier alpha value is -1.59. The number of methoxy groups -OCH3 is 1. The second-order valence-electron chi connectivity index (χ2n) is 4.37. The molecule has 0 radical (unpaired) electrons. The first-order chi connectivity index (χ1) is 8.70. The molecule has 0 amide bonds. The third kappa shape index (κ3) is 3.00. The zero-order valence-corrected chi connectivity index (χ0v) is 10.5. The molecule has 0 saturated carbocycles. The van der Waals surface area contributed by atoms with Gasteiger partial charge in [-0.15, -0.1) is 0 Å². The summed E-state index contributed by atoms with van der Waals surface area (Å²) in [5.74, 6) is -0.541. The zero-order valence-electron chi connectivity index (χ0n) is 10.5. The summed E-state index contributed by atoms with van der Waals surface area (Å²) in [5.41, 5.74) is 1.24. The molecule has 1 heterocycles. The average molecular weight is 250 g/mol. The largest absolute Gasteiger partial charge is 0.507 e.